The molecule has 2 aliphatic rings. The lowest BCUT2D eigenvalue weighted by atomic mass is 9.97. The fourth-order valence-electron chi connectivity index (χ4n) is 2.89. The number of fused-ring (bicyclic) bond motifs is 1. The summed E-state index contributed by atoms with van der Waals surface area (Å²) in [7, 11) is 0. The maximum atomic E-state index is 12.3. The Bertz CT molecular complexity index is 474. The van der Waals surface area contributed by atoms with E-state index >= 15 is 0 Å². The van der Waals surface area contributed by atoms with E-state index in [2.05, 4.69) is 0 Å². The van der Waals surface area contributed by atoms with E-state index in [0.717, 1.165) is 30.4 Å². The Morgan fingerprint density at radius 2 is 2.06 bits per heavy atom. The molecule has 0 N–H and O–H groups in total. The summed E-state index contributed by atoms with van der Waals surface area (Å²) in [4.78, 5) is 12.3. The van der Waals surface area contributed by atoms with Gasteiger partial charge in [0.15, 0.2) is 0 Å². The van der Waals surface area contributed by atoms with Gasteiger partial charge in [0.25, 0.3) is 0 Å². The molecule has 0 aromatic heterocycles. The van der Waals surface area contributed by atoms with Crippen molar-refractivity contribution in [3.05, 3.63) is 34.9 Å². The summed E-state index contributed by atoms with van der Waals surface area (Å²) in [6.45, 7) is 3.88. The van der Waals surface area contributed by atoms with E-state index in [1.807, 2.05) is 32.0 Å². The van der Waals surface area contributed by atoms with Crippen molar-refractivity contribution in [2.24, 2.45) is 0 Å². The second-order valence-corrected chi connectivity index (χ2v) is 5.32. The van der Waals surface area contributed by atoms with Crippen LogP contribution in [0.2, 0.25) is 0 Å². The number of esters is 1. The quantitative estimate of drug-likeness (QED) is 0.594. The smallest absolute Gasteiger partial charge is 0.341 e. The Morgan fingerprint density at radius 1 is 1.33 bits per heavy atom. The average Bonchev–Trinajstić information content (AvgIpc) is 3.02. The van der Waals surface area contributed by atoms with Crippen LogP contribution in [-0.4, -0.2) is 17.9 Å². The van der Waals surface area contributed by atoms with Gasteiger partial charge in [0.05, 0.1) is 5.56 Å². The molecule has 1 aromatic carbocycles. The van der Waals surface area contributed by atoms with Gasteiger partial charge in [0.2, 0.25) is 5.79 Å². The number of hydrogen-bond acceptors (Lipinski definition) is 3. The Balaban J connectivity index is 1.80. The van der Waals surface area contributed by atoms with Gasteiger partial charge < -0.3 is 9.47 Å². The van der Waals surface area contributed by atoms with Crippen LogP contribution in [-0.2, 0) is 9.47 Å². The Kier molecular flexibility index (Phi) is 2.67. The highest BCUT2D eigenvalue weighted by molar-refractivity contribution is 5.93. The van der Waals surface area contributed by atoms with Crippen LogP contribution >= 0.6 is 0 Å². The number of carbonyl (C=O) groups is 1. The molecule has 1 aliphatic carbocycles. The van der Waals surface area contributed by atoms with Crippen molar-refractivity contribution < 1.29 is 14.3 Å². The van der Waals surface area contributed by atoms with Gasteiger partial charge in [-0.2, -0.15) is 0 Å². The third-order valence-electron chi connectivity index (χ3n) is 3.97. The number of epoxide rings is 1. The zero-order valence-corrected chi connectivity index (χ0v) is 10.9. The molecule has 0 spiro atoms. The molecule has 0 radical (unpaired) electrons. The number of rotatable bonds is 2. The first-order chi connectivity index (χ1) is 8.62. The van der Waals surface area contributed by atoms with E-state index in [4.69, 9.17) is 9.47 Å². The topological polar surface area (TPSA) is 38.8 Å². The van der Waals surface area contributed by atoms with Gasteiger partial charge in [-0.1, -0.05) is 24.6 Å². The minimum absolute atomic E-state index is 0.138. The average molecular weight is 246 g/mol. The second-order valence-electron chi connectivity index (χ2n) is 5.32. The highest BCUT2D eigenvalue weighted by Gasteiger charge is 2.61. The maximum Gasteiger partial charge on any atom is 0.341 e. The first-order valence-corrected chi connectivity index (χ1v) is 6.60. The van der Waals surface area contributed by atoms with E-state index in [1.54, 1.807) is 0 Å². The van der Waals surface area contributed by atoms with Gasteiger partial charge in [-0.25, -0.2) is 4.79 Å². The van der Waals surface area contributed by atoms with Gasteiger partial charge >= 0.3 is 5.97 Å². The fourth-order valence-corrected chi connectivity index (χ4v) is 2.89. The molecule has 0 amide bonds. The minimum atomic E-state index is -0.593. The number of carbonyl (C=O) groups excluding carboxylic acids is 1. The molecule has 2 unspecified atom stereocenters. The maximum absolute atomic E-state index is 12.3. The lowest BCUT2D eigenvalue weighted by Crippen LogP contribution is -2.27. The van der Waals surface area contributed by atoms with Crippen molar-refractivity contribution in [2.75, 3.05) is 0 Å². The summed E-state index contributed by atoms with van der Waals surface area (Å²) in [6, 6.07) is 5.83. The van der Waals surface area contributed by atoms with Crippen LogP contribution in [0.4, 0.5) is 0 Å². The predicted molar refractivity (Wildman–Crippen MR) is 67.4 cm³/mol. The van der Waals surface area contributed by atoms with Crippen molar-refractivity contribution in [1.29, 1.82) is 0 Å². The van der Waals surface area contributed by atoms with Crippen LogP contribution in [0.5, 0.6) is 0 Å². The largest absolute Gasteiger partial charge is 0.427 e. The van der Waals surface area contributed by atoms with Gasteiger partial charge in [-0.3, -0.25) is 0 Å². The molecule has 0 bridgehead atoms. The zero-order chi connectivity index (χ0) is 12.8. The van der Waals surface area contributed by atoms with E-state index in [9.17, 15) is 4.79 Å². The standard InChI is InChI=1S/C15H18O3/c1-10-6-5-7-11(2)13(10)14(16)18-15-9-4-3-8-12(15)17-15/h5-7,12H,3-4,8-9H2,1-2H3. The molecular formula is C15H18O3. The van der Waals surface area contributed by atoms with E-state index < -0.39 is 5.79 Å². The van der Waals surface area contributed by atoms with Crippen LogP contribution in [0.1, 0.15) is 47.2 Å². The van der Waals surface area contributed by atoms with Crippen molar-refractivity contribution in [3.8, 4) is 0 Å². The number of aryl methyl sites for hydroxylation is 2. The highest BCUT2D eigenvalue weighted by Crippen LogP contribution is 2.49. The first kappa shape index (κ1) is 11.7. The molecule has 1 heterocycles. The summed E-state index contributed by atoms with van der Waals surface area (Å²) >= 11 is 0. The van der Waals surface area contributed by atoms with Gasteiger partial charge in [0, 0.05) is 6.42 Å². The third kappa shape index (κ3) is 1.83. The molecular weight excluding hydrogens is 228 g/mol. The number of hydrogen-bond donors (Lipinski definition) is 0. The van der Waals surface area contributed by atoms with Gasteiger partial charge in [-0.15, -0.1) is 0 Å². The monoisotopic (exact) mass is 246 g/mol. The Hall–Kier alpha value is -1.35. The van der Waals surface area contributed by atoms with Crippen LogP contribution < -0.4 is 0 Å². The summed E-state index contributed by atoms with van der Waals surface area (Å²) in [5.41, 5.74) is 2.61. The highest BCUT2D eigenvalue weighted by atomic mass is 16.8. The number of ether oxygens (including phenoxy) is 2. The molecule has 1 aliphatic heterocycles. The minimum Gasteiger partial charge on any atom is -0.427 e. The van der Waals surface area contributed by atoms with Crippen LogP contribution in [0.25, 0.3) is 0 Å². The second kappa shape index (κ2) is 4.09. The molecule has 18 heavy (non-hydrogen) atoms. The van der Waals surface area contributed by atoms with Crippen molar-refractivity contribution in [1.82, 2.24) is 0 Å². The third-order valence-corrected chi connectivity index (χ3v) is 3.97. The van der Waals surface area contributed by atoms with Gasteiger partial charge in [-0.05, 0) is 37.8 Å². The van der Waals surface area contributed by atoms with Crippen molar-refractivity contribution in [3.63, 3.8) is 0 Å². The SMILES string of the molecule is Cc1cccc(C)c1C(=O)OC12CCCCC1O2. The Morgan fingerprint density at radius 3 is 2.72 bits per heavy atom. The molecule has 3 nitrogen and oxygen atoms in total. The summed E-state index contributed by atoms with van der Waals surface area (Å²) in [6.07, 6.45) is 4.25. The summed E-state index contributed by atoms with van der Waals surface area (Å²) in [5.74, 6) is -0.834. The molecule has 1 aromatic rings. The normalized spacial score (nSPS) is 29.6. The van der Waals surface area contributed by atoms with Gasteiger partial charge in [0.1, 0.15) is 6.10 Å². The molecule has 2 atom stereocenters. The van der Waals surface area contributed by atoms with E-state index in [0.29, 0.717) is 5.56 Å². The molecule has 3 rings (SSSR count). The van der Waals surface area contributed by atoms with Crippen molar-refractivity contribution in [2.45, 2.75) is 51.4 Å². The summed E-state index contributed by atoms with van der Waals surface area (Å²) in [5, 5.41) is 0. The molecule has 1 saturated carbocycles. The van der Waals surface area contributed by atoms with E-state index in [1.165, 1.54) is 6.42 Å². The van der Waals surface area contributed by atoms with Crippen LogP contribution in [0.3, 0.4) is 0 Å². The summed E-state index contributed by atoms with van der Waals surface area (Å²) < 4.78 is 11.2. The van der Waals surface area contributed by atoms with Crippen LogP contribution in [0, 0.1) is 13.8 Å². The lowest BCUT2D eigenvalue weighted by Gasteiger charge is -2.18. The van der Waals surface area contributed by atoms with E-state index in [-0.39, 0.29) is 12.1 Å². The van der Waals surface area contributed by atoms with Crippen molar-refractivity contribution >= 4 is 5.97 Å². The van der Waals surface area contributed by atoms with Crippen LogP contribution in [0.15, 0.2) is 18.2 Å². The Labute approximate surface area is 107 Å². The number of benzene rings is 1. The lowest BCUT2D eigenvalue weighted by molar-refractivity contribution is -0.0246. The molecule has 96 valence electrons. The zero-order valence-electron chi connectivity index (χ0n) is 10.9. The fraction of sp³-hybridized carbons (Fsp3) is 0.533. The first-order valence-electron chi connectivity index (χ1n) is 6.60. The molecule has 3 heteroatoms. The molecule has 2 fully saturated rings. The molecule has 1 saturated heterocycles. The predicted octanol–water partition coefficient (Wildman–Crippen LogP) is 3.13.